The molecule has 7 nitrogen and oxygen atoms in total. The second-order valence-electron chi connectivity index (χ2n) is 9.74. The van der Waals surface area contributed by atoms with Gasteiger partial charge in [-0.25, -0.2) is 9.18 Å². The molecule has 1 fully saturated rings. The number of hydrogen-bond donors (Lipinski definition) is 0. The summed E-state index contributed by atoms with van der Waals surface area (Å²) in [4.78, 5) is 55.2. The zero-order valence-corrected chi connectivity index (χ0v) is 24.0. The molecule has 4 rings (SSSR count). The van der Waals surface area contributed by atoms with E-state index in [1.165, 1.54) is 0 Å². The highest BCUT2D eigenvalue weighted by atomic mass is 32.2. The lowest BCUT2D eigenvalue weighted by Crippen LogP contribution is -2.52. The summed E-state index contributed by atoms with van der Waals surface area (Å²) in [6.07, 6.45) is 2.82. The Hall–Kier alpha value is -3.20. The molecule has 0 radical (unpaired) electrons. The summed E-state index contributed by atoms with van der Waals surface area (Å²) in [6.45, 7) is 7.85. The van der Waals surface area contributed by atoms with Gasteiger partial charge in [-0.05, 0) is 64.3 Å². The van der Waals surface area contributed by atoms with Crippen molar-refractivity contribution < 1.29 is 23.6 Å². The van der Waals surface area contributed by atoms with Crippen LogP contribution in [0, 0.1) is 5.92 Å². The molecule has 3 amide bonds. The van der Waals surface area contributed by atoms with Gasteiger partial charge in [-0.3, -0.25) is 19.3 Å². The Morgan fingerprint density at radius 3 is 2.05 bits per heavy atom. The molecule has 0 aliphatic carbocycles. The molecule has 2 unspecified atom stereocenters. The van der Waals surface area contributed by atoms with Crippen molar-refractivity contribution in [3.05, 3.63) is 48.5 Å². The number of carbonyl (C=O) groups excluding carboxylic acids is 4. The van der Waals surface area contributed by atoms with Gasteiger partial charge in [0.05, 0.1) is 17.4 Å². The smallest absolute Gasteiger partial charge is 0.329 e. The van der Waals surface area contributed by atoms with Crippen LogP contribution in [0.25, 0.3) is 0 Å². The zero-order chi connectivity index (χ0) is 28.5. The fourth-order valence-electron chi connectivity index (χ4n) is 4.84. The average Bonchev–Trinajstić information content (AvgIpc) is 2.96. The van der Waals surface area contributed by atoms with Gasteiger partial charge >= 0.3 is 6.03 Å². The molecule has 2 aromatic carbocycles. The van der Waals surface area contributed by atoms with E-state index in [0.29, 0.717) is 19.6 Å². The van der Waals surface area contributed by atoms with Crippen molar-refractivity contribution in [3.63, 3.8) is 0 Å². The Balaban J connectivity index is 0.000000258. The number of hydrogen-bond acceptors (Lipinski definition) is 5. The molecular weight excluding hydrogens is 517 g/mol. The largest absolute Gasteiger partial charge is 0.343 e. The number of para-hydroxylation sites is 2. The average molecular weight is 556 g/mol. The second kappa shape index (κ2) is 14.3. The van der Waals surface area contributed by atoms with Crippen LogP contribution in [-0.4, -0.2) is 65.7 Å². The molecule has 1 saturated heterocycles. The molecule has 0 saturated carbocycles. The third-order valence-electron chi connectivity index (χ3n) is 7.12. The third kappa shape index (κ3) is 7.26. The van der Waals surface area contributed by atoms with E-state index in [1.54, 1.807) is 40.3 Å². The van der Waals surface area contributed by atoms with E-state index >= 15 is 0 Å². The van der Waals surface area contributed by atoms with Crippen LogP contribution in [-0.2, 0) is 14.4 Å². The minimum absolute atomic E-state index is 0.0704. The molecular formula is C30H38FN3O4S. The summed E-state index contributed by atoms with van der Waals surface area (Å²) in [5, 5.41) is 0. The number of likely N-dealkylation sites (tertiary alicyclic amines) is 1. The van der Waals surface area contributed by atoms with Gasteiger partial charge in [0.2, 0.25) is 5.91 Å². The molecule has 2 heterocycles. The molecule has 9 heteroatoms. The summed E-state index contributed by atoms with van der Waals surface area (Å²) < 4.78 is 12.0. The molecule has 0 bridgehead atoms. The van der Waals surface area contributed by atoms with Gasteiger partial charge in [0.25, 0.3) is 0 Å². The lowest BCUT2D eigenvalue weighted by atomic mass is 9.99. The van der Waals surface area contributed by atoms with E-state index in [-0.39, 0.29) is 30.2 Å². The number of carbonyl (C=O) groups is 4. The lowest BCUT2D eigenvalue weighted by Gasteiger charge is -2.40. The van der Waals surface area contributed by atoms with Crippen LogP contribution < -0.4 is 4.90 Å². The quantitative estimate of drug-likeness (QED) is 0.402. The maximum Gasteiger partial charge on any atom is 0.329 e. The number of rotatable bonds is 7. The molecule has 39 heavy (non-hydrogen) atoms. The Bertz CT molecular complexity index is 1140. The van der Waals surface area contributed by atoms with Crippen LogP contribution in [0.4, 0.5) is 20.6 Å². The van der Waals surface area contributed by atoms with E-state index in [1.807, 2.05) is 62.4 Å². The van der Waals surface area contributed by atoms with Crippen molar-refractivity contribution in [2.45, 2.75) is 69.2 Å². The molecule has 0 spiro atoms. The number of benzene rings is 2. The molecule has 2 aliphatic heterocycles. The van der Waals surface area contributed by atoms with E-state index in [0.717, 1.165) is 40.4 Å². The first-order valence-electron chi connectivity index (χ1n) is 13.6. The molecule has 0 N–H and O–H groups in total. The minimum Gasteiger partial charge on any atom is -0.343 e. The molecule has 2 aromatic rings. The topological polar surface area (TPSA) is 78.0 Å². The van der Waals surface area contributed by atoms with E-state index < -0.39 is 18.4 Å². The van der Waals surface area contributed by atoms with E-state index in [2.05, 4.69) is 0 Å². The van der Waals surface area contributed by atoms with Crippen molar-refractivity contribution in [2.75, 3.05) is 31.2 Å². The monoisotopic (exact) mass is 555 g/mol. The maximum absolute atomic E-state index is 13.5. The first-order valence-corrected chi connectivity index (χ1v) is 14.4. The number of anilines is 2. The molecule has 2 aliphatic rings. The summed E-state index contributed by atoms with van der Waals surface area (Å²) in [5.74, 6) is -1.01. The Morgan fingerprint density at radius 2 is 1.54 bits per heavy atom. The predicted octanol–water partition coefficient (Wildman–Crippen LogP) is 6.27. The van der Waals surface area contributed by atoms with E-state index in [9.17, 15) is 23.6 Å². The van der Waals surface area contributed by atoms with Crippen molar-refractivity contribution in [3.8, 4) is 0 Å². The standard InChI is InChI=1S/C20H20N2O2S.C10H18FNO2/c1-14(23)15-8-6-7-13-21(15)20(24)22-16-9-2-4-11-18(16)25-19-12-5-3-10-17(19)22;1-4-12(5-2)10(14)6-8(3)9(13)7-11/h2-5,9-12,15H,6-8,13H2,1H3;8H,4-7H2,1-3H3. The number of ketones is 2. The zero-order valence-electron chi connectivity index (χ0n) is 23.2. The number of Topliss-reactive ketones (excluding diaryl/α,β-unsaturated/α-hetero) is 2. The number of halogens is 1. The van der Waals surface area contributed by atoms with Crippen LogP contribution >= 0.6 is 11.8 Å². The Labute approximate surface area is 234 Å². The van der Waals surface area contributed by atoms with Crippen molar-refractivity contribution in [1.82, 2.24) is 9.80 Å². The van der Waals surface area contributed by atoms with Crippen molar-refractivity contribution >= 4 is 46.6 Å². The van der Waals surface area contributed by atoms with Crippen molar-refractivity contribution in [1.29, 1.82) is 0 Å². The van der Waals surface area contributed by atoms with Crippen LogP contribution in [0.5, 0.6) is 0 Å². The highest BCUT2D eigenvalue weighted by Crippen LogP contribution is 2.48. The fraction of sp³-hybridized carbons (Fsp3) is 0.467. The minimum atomic E-state index is -0.979. The highest BCUT2D eigenvalue weighted by Gasteiger charge is 2.36. The maximum atomic E-state index is 13.5. The SMILES string of the molecule is CC(=O)C1CCCCN1C(=O)N1c2ccccc2Sc2ccccc21.CCN(CC)C(=O)CC(C)C(=O)CF. The normalized spacial score (nSPS) is 16.7. The van der Waals surface area contributed by atoms with Crippen molar-refractivity contribution in [2.24, 2.45) is 5.92 Å². The number of nitrogens with zero attached hydrogens (tertiary/aromatic N) is 3. The summed E-state index contributed by atoms with van der Waals surface area (Å²) in [6, 6.07) is 15.5. The number of amides is 3. The van der Waals surface area contributed by atoms with Gasteiger partial charge in [0.1, 0.15) is 6.67 Å². The first-order chi connectivity index (χ1) is 18.7. The number of fused-ring (bicyclic) bond motifs is 2. The van der Waals surface area contributed by atoms with Gasteiger partial charge in [-0.15, -0.1) is 0 Å². The van der Waals surface area contributed by atoms with E-state index in [4.69, 9.17) is 0 Å². The lowest BCUT2D eigenvalue weighted by molar-refractivity contribution is -0.135. The summed E-state index contributed by atoms with van der Waals surface area (Å²) in [7, 11) is 0. The van der Waals surface area contributed by atoms with Crippen LogP contribution in [0.3, 0.4) is 0 Å². The third-order valence-corrected chi connectivity index (χ3v) is 8.25. The first kappa shape index (κ1) is 30.3. The van der Waals surface area contributed by atoms with Gasteiger partial charge < -0.3 is 9.80 Å². The Kier molecular flexibility index (Phi) is 11.1. The molecule has 210 valence electrons. The molecule has 0 aromatic heterocycles. The van der Waals surface area contributed by atoms with Crippen LogP contribution in [0.1, 0.15) is 53.4 Å². The fourth-order valence-corrected chi connectivity index (χ4v) is 5.89. The Morgan fingerprint density at radius 1 is 0.974 bits per heavy atom. The summed E-state index contributed by atoms with van der Waals surface area (Å²) in [5.41, 5.74) is 1.79. The van der Waals surface area contributed by atoms with Gasteiger partial charge in [-0.2, -0.15) is 0 Å². The number of urea groups is 1. The predicted molar refractivity (Wildman–Crippen MR) is 152 cm³/mol. The summed E-state index contributed by atoms with van der Waals surface area (Å²) >= 11 is 1.68. The van der Waals surface area contributed by atoms with Crippen LogP contribution in [0.15, 0.2) is 58.3 Å². The second-order valence-corrected chi connectivity index (χ2v) is 10.8. The number of piperidine rings is 1. The number of alkyl halides is 1. The molecule has 2 atom stereocenters. The highest BCUT2D eigenvalue weighted by molar-refractivity contribution is 7.99. The van der Waals surface area contributed by atoms with Crippen LogP contribution in [0.2, 0.25) is 0 Å². The van der Waals surface area contributed by atoms with Gasteiger partial charge in [0.15, 0.2) is 11.6 Å². The van der Waals surface area contributed by atoms with Gasteiger partial charge in [0, 0.05) is 41.8 Å². The van der Waals surface area contributed by atoms with Gasteiger partial charge in [-0.1, -0.05) is 43.0 Å².